The number of rotatable bonds is 6. The predicted molar refractivity (Wildman–Crippen MR) is 98.9 cm³/mol. The van der Waals surface area contributed by atoms with Gasteiger partial charge in [0.25, 0.3) is 5.91 Å². The van der Waals surface area contributed by atoms with Crippen LogP contribution < -0.4 is 11.1 Å². The molecule has 0 saturated heterocycles. The van der Waals surface area contributed by atoms with Gasteiger partial charge in [0.2, 0.25) is 5.91 Å². The Morgan fingerprint density at radius 3 is 2.41 bits per heavy atom. The number of phenolic OH excluding ortho intramolecular Hbond substituents is 1. The Balaban J connectivity index is 2.44. The van der Waals surface area contributed by atoms with E-state index in [0.29, 0.717) is 6.07 Å². The summed E-state index contributed by atoms with van der Waals surface area (Å²) >= 11 is 1.70. The molecule has 2 rings (SSSR count). The maximum absolute atomic E-state index is 14.0. The van der Waals surface area contributed by atoms with Crippen LogP contribution in [0.15, 0.2) is 30.3 Å². The molecule has 0 fully saturated rings. The minimum atomic E-state index is -1.60. The van der Waals surface area contributed by atoms with E-state index in [2.05, 4.69) is 5.32 Å². The van der Waals surface area contributed by atoms with Crippen molar-refractivity contribution >= 4 is 40.4 Å². The van der Waals surface area contributed by atoms with Gasteiger partial charge in [-0.2, -0.15) is 0 Å². The Hall–Kier alpha value is -2.76. The molecule has 1 atom stereocenters. The Kier molecular flexibility index (Phi) is 6.31. The van der Waals surface area contributed by atoms with Crippen LogP contribution in [0, 0.1) is 15.2 Å². The van der Waals surface area contributed by atoms with Gasteiger partial charge in [0.05, 0.1) is 15.6 Å². The van der Waals surface area contributed by atoms with Crippen molar-refractivity contribution in [1.82, 2.24) is 5.32 Å². The smallest absolute Gasteiger partial charge is 0.326 e. The average molecular weight is 490 g/mol. The van der Waals surface area contributed by atoms with Crippen molar-refractivity contribution in [1.29, 1.82) is 0 Å². The molecule has 1 unspecified atom stereocenters. The summed E-state index contributed by atoms with van der Waals surface area (Å²) in [7, 11) is 0. The van der Waals surface area contributed by atoms with E-state index in [1.54, 1.807) is 22.6 Å². The van der Waals surface area contributed by atoms with E-state index in [4.69, 9.17) is 10.8 Å². The highest BCUT2D eigenvalue weighted by atomic mass is 127. The number of nitrogens with two attached hydrogens (primary N) is 1. The molecule has 0 aliphatic rings. The molecule has 5 N–H and O–H groups in total. The summed E-state index contributed by atoms with van der Waals surface area (Å²) < 4.78 is 27.3. The molecule has 7 nitrogen and oxygen atoms in total. The predicted octanol–water partition coefficient (Wildman–Crippen LogP) is 2.00. The van der Waals surface area contributed by atoms with E-state index in [0.717, 1.165) is 12.1 Å². The minimum absolute atomic E-state index is 0.0183. The van der Waals surface area contributed by atoms with Gasteiger partial charge in [-0.1, -0.05) is 0 Å². The Morgan fingerprint density at radius 1 is 1.19 bits per heavy atom. The molecular formula is C17H13F2IN2O5. The summed E-state index contributed by atoms with van der Waals surface area (Å²) in [4.78, 5) is 34.5. The van der Waals surface area contributed by atoms with E-state index in [1.807, 2.05) is 0 Å². The van der Waals surface area contributed by atoms with Crippen LogP contribution in [0.5, 0.6) is 5.75 Å². The molecule has 27 heavy (non-hydrogen) atoms. The molecule has 2 aromatic rings. The zero-order valence-corrected chi connectivity index (χ0v) is 15.7. The quantitative estimate of drug-likeness (QED) is 0.461. The summed E-state index contributed by atoms with van der Waals surface area (Å²) in [6.45, 7) is 0. The van der Waals surface area contributed by atoms with Crippen molar-refractivity contribution in [2.45, 2.75) is 12.5 Å². The van der Waals surface area contributed by atoms with Crippen LogP contribution in [0.25, 0.3) is 11.1 Å². The molecule has 0 heterocycles. The second-order valence-electron chi connectivity index (χ2n) is 5.51. The number of aromatic hydroxyl groups is 1. The number of carboxylic acids is 1. The Morgan fingerprint density at radius 2 is 1.85 bits per heavy atom. The molecule has 0 spiro atoms. The van der Waals surface area contributed by atoms with Crippen molar-refractivity contribution < 1.29 is 33.4 Å². The number of nitrogens with one attached hydrogen (secondary N) is 1. The van der Waals surface area contributed by atoms with Gasteiger partial charge in [-0.25, -0.2) is 13.6 Å². The summed E-state index contributed by atoms with van der Waals surface area (Å²) in [5.74, 6) is -5.54. The zero-order valence-electron chi connectivity index (χ0n) is 13.5. The molecule has 0 saturated carbocycles. The van der Waals surface area contributed by atoms with Crippen LogP contribution in [-0.2, 0) is 9.59 Å². The van der Waals surface area contributed by atoms with E-state index < -0.39 is 47.6 Å². The average Bonchev–Trinajstić information content (AvgIpc) is 2.56. The number of hydrogen-bond donors (Lipinski definition) is 4. The number of phenols is 1. The van der Waals surface area contributed by atoms with E-state index >= 15 is 0 Å². The summed E-state index contributed by atoms with van der Waals surface area (Å²) in [6.07, 6.45) is -0.648. The zero-order chi connectivity index (χ0) is 20.3. The monoisotopic (exact) mass is 490 g/mol. The second kappa shape index (κ2) is 8.29. The summed E-state index contributed by atoms with van der Waals surface area (Å²) in [5, 5.41) is 21.3. The first kappa shape index (κ1) is 20.6. The lowest BCUT2D eigenvalue weighted by Crippen LogP contribution is -2.43. The lowest BCUT2D eigenvalue weighted by Gasteiger charge is -2.15. The number of carbonyl (C=O) groups excluding carboxylic acids is 2. The van der Waals surface area contributed by atoms with Gasteiger partial charge in [0.15, 0.2) is 0 Å². The fourth-order valence-electron chi connectivity index (χ4n) is 2.29. The first-order valence-electron chi connectivity index (χ1n) is 7.40. The van der Waals surface area contributed by atoms with Crippen LogP contribution in [0.2, 0.25) is 0 Å². The molecule has 0 aliphatic carbocycles. The summed E-state index contributed by atoms with van der Waals surface area (Å²) in [5.41, 5.74) is 4.77. The highest BCUT2D eigenvalue weighted by Gasteiger charge is 2.25. The van der Waals surface area contributed by atoms with Gasteiger partial charge >= 0.3 is 5.97 Å². The van der Waals surface area contributed by atoms with Gasteiger partial charge in [-0.05, 0) is 52.4 Å². The topological polar surface area (TPSA) is 130 Å². The molecule has 0 bridgehead atoms. The van der Waals surface area contributed by atoms with Gasteiger partial charge in [0, 0.05) is 11.6 Å². The van der Waals surface area contributed by atoms with Gasteiger partial charge in [0.1, 0.15) is 23.4 Å². The number of benzene rings is 2. The maximum atomic E-state index is 14.0. The third-order valence-corrected chi connectivity index (χ3v) is 4.38. The van der Waals surface area contributed by atoms with Crippen molar-refractivity contribution in [3.63, 3.8) is 0 Å². The maximum Gasteiger partial charge on any atom is 0.326 e. The third kappa shape index (κ3) is 4.90. The second-order valence-corrected chi connectivity index (χ2v) is 6.68. The third-order valence-electron chi connectivity index (χ3n) is 3.56. The van der Waals surface area contributed by atoms with E-state index in [-0.39, 0.29) is 20.3 Å². The van der Waals surface area contributed by atoms with Crippen LogP contribution in [0.1, 0.15) is 16.8 Å². The number of amides is 2. The van der Waals surface area contributed by atoms with Crippen LogP contribution in [0.4, 0.5) is 8.78 Å². The molecule has 2 amide bonds. The highest BCUT2D eigenvalue weighted by molar-refractivity contribution is 14.1. The molecule has 142 valence electrons. The fourth-order valence-corrected chi connectivity index (χ4v) is 2.91. The standard InChI is InChI=1S/C17H13F2IN2O5/c18-8-1-2-9(11(19)5-8)7-3-10(15(24)12(20)4-7)16(25)22-13(17(26)27)6-14(21)23/h1-5,13,24H,6H2,(H2,21,23)(H,22,25)(H,26,27). The summed E-state index contributed by atoms with van der Waals surface area (Å²) in [6, 6.07) is 3.78. The van der Waals surface area contributed by atoms with Crippen molar-refractivity contribution in [2.24, 2.45) is 5.73 Å². The van der Waals surface area contributed by atoms with E-state index in [1.165, 1.54) is 12.1 Å². The lowest BCUT2D eigenvalue weighted by atomic mass is 10.0. The molecule has 2 aromatic carbocycles. The molecular weight excluding hydrogens is 477 g/mol. The van der Waals surface area contributed by atoms with Crippen molar-refractivity contribution in [3.05, 3.63) is 51.1 Å². The van der Waals surface area contributed by atoms with E-state index in [9.17, 15) is 28.3 Å². The largest absolute Gasteiger partial charge is 0.506 e. The van der Waals surface area contributed by atoms with Crippen molar-refractivity contribution in [2.75, 3.05) is 0 Å². The van der Waals surface area contributed by atoms with Gasteiger partial charge in [-0.15, -0.1) is 0 Å². The molecule has 0 radical (unpaired) electrons. The Bertz CT molecular complexity index is 936. The fraction of sp³-hybridized carbons (Fsp3) is 0.118. The number of hydrogen-bond acceptors (Lipinski definition) is 4. The number of primary amides is 1. The van der Waals surface area contributed by atoms with Crippen molar-refractivity contribution in [3.8, 4) is 16.9 Å². The normalized spacial score (nSPS) is 11.7. The number of halogens is 3. The highest BCUT2D eigenvalue weighted by Crippen LogP contribution is 2.32. The number of carbonyl (C=O) groups is 3. The number of carboxylic acid groups (broad SMARTS) is 1. The lowest BCUT2D eigenvalue weighted by molar-refractivity contribution is -0.140. The SMILES string of the molecule is NC(=O)CC(NC(=O)c1cc(-c2ccc(F)cc2F)cc(I)c1O)C(=O)O. The molecule has 0 aliphatic heterocycles. The van der Waals surface area contributed by atoms with Gasteiger partial charge in [-0.3, -0.25) is 9.59 Å². The molecule has 10 heteroatoms. The van der Waals surface area contributed by atoms with Crippen LogP contribution in [0.3, 0.4) is 0 Å². The first-order chi connectivity index (χ1) is 12.6. The molecule has 0 aromatic heterocycles. The number of aliphatic carboxylic acids is 1. The van der Waals surface area contributed by atoms with Crippen LogP contribution in [-0.4, -0.2) is 34.0 Å². The first-order valence-corrected chi connectivity index (χ1v) is 8.48. The van der Waals surface area contributed by atoms with Gasteiger partial charge < -0.3 is 21.3 Å². The Labute approximate surface area is 165 Å². The van der Waals surface area contributed by atoms with Crippen LogP contribution >= 0.6 is 22.6 Å². The minimum Gasteiger partial charge on any atom is -0.506 e.